The fraction of sp³-hybridized carbons (Fsp3) is 0.167. The Bertz CT molecular complexity index is 580. The molecule has 2 aromatic rings. The normalized spacial score (nSPS) is 10.3. The first-order chi connectivity index (χ1) is 8.58. The van der Waals surface area contributed by atoms with Gasteiger partial charge in [0.25, 0.3) is 0 Å². The molecule has 0 spiro atoms. The number of halogens is 1. The third-order valence-electron chi connectivity index (χ3n) is 2.36. The van der Waals surface area contributed by atoms with Crippen molar-refractivity contribution in [2.24, 2.45) is 0 Å². The van der Waals surface area contributed by atoms with Gasteiger partial charge in [0, 0.05) is 10.5 Å². The second-order valence-corrected chi connectivity index (χ2v) is 4.61. The first-order valence-electron chi connectivity index (χ1n) is 5.26. The smallest absolute Gasteiger partial charge is 0.338 e. The molecule has 1 aromatic heterocycles. The molecule has 0 aliphatic carbocycles. The molecule has 0 saturated heterocycles. The van der Waals surface area contributed by atoms with Crippen molar-refractivity contribution in [2.75, 3.05) is 5.32 Å². The lowest BCUT2D eigenvalue weighted by molar-refractivity contribution is 0.0697. The van der Waals surface area contributed by atoms with E-state index in [1.54, 1.807) is 24.3 Å². The lowest BCUT2D eigenvalue weighted by Crippen LogP contribution is -2.06. The van der Waals surface area contributed by atoms with E-state index in [0.29, 0.717) is 22.5 Å². The lowest BCUT2D eigenvalue weighted by Gasteiger charge is -2.09. The molecular formula is C12H11BrN2O3. The van der Waals surface area contributed by atoms with E-state index in [1.807, 2.05) is 6.92 Å². The molecule has 0 amide bonds. The molecule has 1 heterocycles. The van der Waals surface area contributed by atoms with Crippen molar-refractivity contribution in [3.05, 3.63) is 45.8 Å². The molecule has 0 fully saturated rings. The number of nitrogens with zero attached hydrogens (tertiary/aromatic N) is 1. The Balaban J connectivity index is 2.19. The van der Waals surface area contributed by atoms with Gasteiger partial charge in [-0.05, 0) is 35.0 Å². The number of aryl methyl sites for hydroxylation is 1. The van der Waals surface area contributed by atoms with E-state index in [-0.39, 0.29) is 5.56 Å². The summed E-state index contributed by atoms with van der Waals surface area (Å²) in [5.41, 5.74) is 1.53. The molecule has 1 aromatic carbocycles. The molecule has 6 heteroatoms. The Kier molecular flexibility index (Phi) is 3.66. The van der Waals surface area contributed by atoms with Crippen LogP contribution < -0.4 is 5.32 Å². The number of nitrogens with one attached hydrogen (secondary N) is 1. The van der Waals surface area contributed by atoms with Crippen LogP contribution in [0.25, 0.3) is 0 Å². The van der Waals surface area contributed by atoms with E-state index < -0.39 is 5.97 Å². The largest absolute Gasteiger partial charge is 0.478 e. The minimum Gasteiger partial charge on any atom is -0.478 e. The van der Waals surface area contributed by atoms with Crippen molar-refractivity contribution in [3.8, 4) is 0 Å². The molecule has 0 bridgehead atoms. The van der Waals surface area contributed by atoms with Crippen molar-refractivity contribution < 1.29 is 14.4 Å². The summed E-state index contributed by atoms with van der Waals surface area (Å²) in [4.78, 5) is 11.2. The molecule has 18 heavy (non-hydrogen) atoms. The maximum atomic E-state index is 11.2. The highest BCUT2D eigenvalue weighted by Gasteiger charge is 2.14. The number of hydrogen-bond donors (Lipinski definition) is 2. The van der Waals surface area contributed by atoms with Gasteiger partial charge in [-0.3, -0.25) is 0 Å². The fourth-order valence-electron chi connectivity index (χ4n) is 1.57. The molecule has 0 aliphatic rings. The summed E-state index contributed by atoms with van der Waals surface area (Å²) in [5.74, 6) is -0.331. The molecule has 2 rings (SSSR count). The Morgan fingerprint density at radius 1 is 1.56 bits per heavy atom. The third kappa shape index (κ3) is 2.70. The van der Waals surface area contributed by atoms with Gasteiger partial charge in [0.05, 0.1) is 23.5 Å². The quantitative estimate of drug-likeness (QED) is 0.907. The number of carboxylic acids is 1. The Morgan fingerprint density at radius 2 is 2.33 bits per heavy atom. The highest BCUT2D eigenvalue weighted by molar-refractivity contribution is 9.10. The van der Waals surface area contributed by atoms with Crippen LogP contribution in [0.2, 0.25) is 0 Å². The fourth-order valence-corrected chi connectivity index (χ4v) is 2.11. The van der Waals surface area contributed by atoms with Crippen LogP contribution in [0.5, 0.6) is 0 Å². The molecule has 0 aliphatic heterocycles. The molecule has 0 saturated carbocycles. The molecule has 0 unspecified atom stereocenters. The maximum absolute atomic E-state index is 11.2. The van der Waals surface area contributed by atoms with Gasteiger partial charge >= 0.3 is 5.97 Å². The maximum Gasteiger partial charge on any atom is 0.338 e. The predicted octanol–water partition coefficient (Wildman–Crippen LogP) is 3.06. The van der Waals surface area contributed by atoms with E-state index in [1.165, 1.54) is 0 Å². The van der Waals surface area contributed by atoms with Crippen molar-refractivity contribution >= 4 is 27.6 Å². The van der Waals surface area contributed by atoms with E-state index in [2.05, 4.69) is 26.4 Å². The summed E-state index contributed by atoms with van der Waals surface area (Å²) in [6, 6.07) is 6.96. The number of carboxylic acid groups (broad SMARTS) is 1. The van der Waals surface area contributed by atoms with Gasteiger partial charge in [-0.25, -0.2) is 4.79 Å². The van der Waals surface area contributed by atoms with E-state index in [4.69, 9.17) is 9.63 Å². The summed E-state index contributed by atoms with van der Waals surface area (Å²) in [7, 11) is 0. The number of carbonyl (C=O) groups is 1. The highest BCUT2D eigenvalue weighted by atomic mass is 79.9. The van der Waals surface area contributed by atoms with Crippen LogP contribution in [-0.2, 0) is 6.54 Å². The number of anilines is 1. The molecule has 94 valence electrons. The van der Waals surface area contributed by atoms with Crippen LogP contribution in [0.15, 0.2) is 33.3 Å². The standard InChI is InChI=1S/C12H11BrN2O3/c1-7-5-8(18-15-7)6-14-10-4-2-3-9(13)11(10)12(16)17/h2-5,14H,6H2,1H3,(H,16,17). The minimum atomic E-state index is -0.987. The Hall–Kier alpha value is -1.82. The average Bonchev–Trinajstić information content (AvgIpc) is 2.72. The van der Waals surface area contributed by atoms with Crippen LogP contribution in [0.3, 0.4) is 0 Å². The molecule has 0 atom stereocenters. The van der Waals surface area contributed by atoms with Crippen molar-refractivity contribution in [2.45, 2.75) is 13.5 Å². The number of hydrogen-bond acceptors (Lipinski definition) is 4. The van der Waals surface area contributed by atoms with Gasteiger partial charge in [-0.2, -0.15) is 0 Å². The van der Waals surface area contributed by atoms with Crippen LogP contribution in [0.1, 0.15) is 21.8 Å². The van der Waals surface area contributed by atoms with Gasteiger partial charge in [-0.1, -0.05) is 11.2 Å². The van der Waals surface area contributed by atoms with E-state index >= 15 is 0 Å². The predicted molar refractivity (Wildman–Crippen MR) is 69.7 cm³/mol. The highest BCUT2D eigenvalue weighted by Crippen LogP contribution is 2.25. The second kappa shape index (κ2) is 5.22. The zero-order chi connectivity index (χ0) is 13.1. The molecule has 5 nitrogen and oxygen atoms in total. The molecular weight excluding hydrogens is 300 g/mol. The zero-order valence-corrected chi connectivity index (χ0v) is 11.2. The molecule has 0 radical (unpaired) electrons. The summed E-state index contributed by atoms with van der Waals surface area (Å²) >= 11 is 3.22. The Morgan fingerprint density at radius 3 is 2.94 bits per heavy atom. The SMILES string of the molecule is Cc1cc(CNc2cccc(Br)c2C(=O)O)on1. The lowest BCUT2D eigenvalue weighted by atomic mass is 10.2. The summed E-state index contributed by atoms with van der Waals surface area (Å²) < 4.78 is 5.58. The van der Waals surface area contributed by atoms with E-state index in [9.17, 15) is 4.79 Å². The summed E-state index contributed by atoms with van der Waals surface area (Å²) in [6.45, 7) is 2.21. The van der Waals surface area contributed by atoms with Crippen LogP contribution in [0.4, 0.5) is 5.69 Å². The number of aromatic nitrogens is 1. The summed E-state index contributed by atoms with van der Waals surface area (Å²) in [5, 5.41) is 15.9. The van der Waals surface area contributed by atoms with Crippen molar-refractivity contribution in [3.63, 3.8) is 0 Å². The number of aromatic carboxylic acids is 1. The van der Waals surface area contributed by atoms with Gasteiger partial charge in [0.15, 0.2) is 5.76 Å². The minimum absolute atomic E-state index is 0.203. The number of rotatable bonds is 4. The van der Waals surface area contributed by atoms with E-state index in [0.717, 1.165) is 5.69 Å². The van der Waals surface area contributed by atoms with Crippen LogP contribution in [-0.4, -0.2) is 16.2 Å². The van der Waals surface area contributed by atoms with Crippen molar-refractivity contribution in [1.29, 1.82) is 0 Å². The van der Waals surface area contributed by atoms with Gasteiger partial charge in [0.2, 0.25) is 0 Å². The summed E-state index contributed by atoms with van der Waals surface area (Å²) in [6.07, 6.45) is 0. The monoisotopic (exact) mass is 310 g/mol. The third-order valence-corrected chi connectivity index (χ3v) is 3.02. The second-order valence-electron chi connectivity index (χ2n) is 3.76. The van der Waals surface area contributed by atoms with Gasteiger partial charge in [-0.15, -0.1) is 0 Å². The molecule has 2 N–H and O–H groups in total. The zero-order valence-electron chi connectivity index (χ0n) is 9.61. The van der Waals surface area contributed by atoms with Gasteiger partial charge in [0.1, 0.15) is 0 Å². The number of benzene rings is 1. The van der Waals surface area contributed by atoms with Crippen LogP contribution >= 0.6 is 15.9 Å². The van der Waals surface area contributed by atoms with Crippen LogP contribution in [0, 0.1) is 6.92 Å². The average molecular weight is 311 g/mol. The Labute approximate surface area is 112 Å². The topological polar surface area (TPSA) is 75.4 Å². The first-order valence-corrected chi connectivity index (χ1v) is 6.05. The van der Waals surface area contributed by atoms with Crippen molar-refractivity contribution in [1.82, 2.24) is 5.16 Å². The van der Waals surface area contributed by atoms with Gasteiger partial charge < -0.3 is 14.9 Å². The first kappa shape index (κ1) is 12.6.